The molecule has 0 spiro atoms. The minimum Gasteiger partial charge on any atom is -0.303 e. The minimum atomic E-state index is -0.335. The summed E-state index contributed by atoms with van der Waals surface area (Å²) in [4.78, 5) is 11.0. The van der Waals surface area contributed by atoms with Crippen LogP contribution < -0.4 is 5.32 Å². The molecule has 0 unspecified atom stereocenters. The number of carbonyl (C=O) groups is 1. The molecule has 1 aliphatic heterocycles. The predicted molar refractivity (Wildman–Crippen MR) is 77.4 cm³/mol. The van der Waals surface area contributed by atoms with Crippen LogP contribution in [0.2, 0.25) is 0 Å². The number of amidine groups is 1. The Labute approximate surface area is 116 Å². The van der Waals surface area contributed by atoms with Gasteiger partial charge in [-0.05, 0) is 23.6 Å². The van der Waals surface area contributed by atoms with E-state index in [-0.39, 0.29) is 11.7 Å². The van der Waals surface area contributed by atoms with E-state index in [0.717, 1.165) is 10.1 Å². The van der Waals surface area contributed by atoms with Crippen LogP contribution in [0.5, 0.6) is 0 Å². The molecule has 1 saturated heterocycles. The van der Waals surface area contributed by atoms with Crippen LogP contribution in [0.25, 0.3) is 10.1 Å². The van der Waals surface area contributed by atoms with Crippen LogP contribution in [0.3, 0.4) is 0 Å². The van der Waals surface area contributed by atoms with E-state index < -0.39 is 0 Å². The van der Waals surface area contributed by atoms with Crippen molar-refractivity contribution in [3.05, 3.63) is 35.0 Å². The third-order valence-corrected chi connectivity index (χ3v) is 4.29. The van der Waals surface area contributed by atoms with Gasteiger partial charge in [0.05, 0.1) is 12.0 Å². The Morgan fingerprint density at radius 3 is 3.05 bits per heavy atom. The molecular formula is C12H8FN3OS2. The van der Waals surface area contributed by atoms with Gasteiger partial charge in [0.25, 0.3) is 0 Å². The highest BCUT2D eigenvalue weighted by Gasteiger charge is 2.16. The van der Waals surface area contributed by atoms with Gasteiger partial charge in [-0.3, -0.25) is 4.79 Å². The molecule has 0 saturated carbocycles. The summed E-state index contributed by atoms with van der Waals surface area (Å²) in [5.41, 5.74) is 0.414. The molecule has 1 aliphatic rings. The summed E-state index contributed by atoms with van der Waals surface area (Å²) in [6.45, 7) is 0. The van der Waals surface area contributed by atoms with Crippen molar-refractivity contribution in [3.8, 4) is 0 Å². The van der Waals surface area contributed by atoms with Crippen molar-refractivity contribution in [2.45, 2.75) is 0 Å². The highest BCUT2D eigenvalue weighted by Crippen LogP contribution is 2.25. The first kappa shape index (κ1) is 12.3. The van der Waals surface area contributed by atoms with E-state index in [0.29, 0.717) is 16.5 Å². The number of fused-ring (bicyclic) bond motifs is 1. The normalized spacial score (nSPS) is 17.7. The van der Waals surface area contributed by atoms with Crippen LogP contribution in [0, 0.1) is 5.82 Å². The average Bonchev–Trinajstić information content (AvgIpc) is 3.01. The Morgan fingerprint density at radius 2 is 2.26 bits per heavy atom. The number of thiophene rings is 1. The smallest absolute Gasteiger partial charge is 0.236 e. The van der Waals surface area contributed by atoms with Crippen molar-refractivity contribution in [1.29, 1.82) is 0 Å². The summed E-state index contributed by atoms with van der Waals surface area (Å²) < 4.78 is 14.7. The van der Waals surface area contributed by atoms with Crippen molar-refractivity contribution >= 4 is 50.5 Å². The second-order valence-electron chi connectivity index (χ2n) is 3.78. The lowest BCUT2D eigenvalue weighted by Gasteiger charge is -1.97. The number of halogens is 1. The molecule has 0 atom stereocenters. The fourth-order valence-electron chi connectivity index (χ4n) is 1.69. The van der Waals surface area contributed by atoms with E-state index in [1.54, 1.807) is 17.4 Å². The molecular weight excluding hydrogens is 285 g/mol. The Balaban J connectivity index is 1.90. The van der Waals surface area contributed by atoms with Gasteiger partial charge in [-0.2, -0.15) is 5.10 Å². The van der Waals surface area contributed by atoms with E-state index in [4.69, 9.17) is 0 Å². The number of amides is 1. The maximum absolute atomic E-state index is 13.7. The van der Waals surface area contributed by atoms with E-state index in [9.17, 15) is 9.18 Å². The molecule has 0 bridgehead atoms. The summed E-state index contributed by atoms with van der Waals surface area (Å²) >= 11 is 2.82. The minimum absolute atomic E-state index is 0.0925. The Kier molecular flexibility index (Phi) is 3.31. The number of thioether (sulfide) groups is 1. The lowest BCUT2D eigenvalue weighted by atomic mass is 10.1. The summed E-state index contributed by atoms with van der Waals surface area (Å²) in [5, 5.41) is 13.4. The lowest BCUT2D eigenvalue weighted by molar-refractivity contribution is -0.116. The summed E-state index contributed by atoms with van der Waals surface area (Å²) in [6.07, 6.45) is 1.38. The van der Waals surface area contributed by atoms with E-state index in [1.165, 1.54) is 24.0 Å². The van der Waals surface area contributed by atoms with Gasteiger partial charge >= 0.3 is 0 Å². The van der Waals surface area contributed by atoms with Crippen molar-refractivity contribution in [2.24, 2.45) is 10.2 Å². The highest BCUT2D eigenvalue weighted by atomic mass is 32.2. The van der Waals surface area contributed by atoms with Gasteiger partial charge in [0, 0.05) is 15.6 Å². The number of rotatable bonds is 2. The van der Waals surface area contributed by atoms with Gasteiger partial charge < -0.3 is 5.32 Å². The number of nitrogens with zero attached hydrogens (tertiary/aromatic N) is 2. The van der Waals surface area contributed by atoms with E-state index >= 15 is 0 Å². The monoisotopic (exact) mass is 293 g/mol. The Hall–Kier alpha value is -1.73. The van der Waals surface area contributed by atoms with Crippen LogP contribution in [0.15, 0.2) is 33.8 Å². The zero-order chi connectivity index (χ0) is 13.2. The summed E-state index contributed by atoms with van der Waals surface area (Å²) in [7, 11) is 0. The fourth-order valence-corrected chi connectivity index (χ4v) is 3.12. The lowest BCUT2D eigenvalue weighted by Crippen LogP contribution is -2.19. The molecule has 0 aliphatic carbocycles. The molecule has 1 fully saturated rings. The molecule has 1 amide bonds. The molecule has 2 aromatic rings. The zero-order valence-electron chi connectivity index (χ0n) is 9.59. The van der Waals surface area contributed by atoms with Crippen LogP contribution in [-0.2, 0) is 4.79 Å². The molecule has 2 heterocycles. The van der Waals surface area contributed by atoms with Crippen molar-refractivity contribution in [2.75, 3.05) is 5.75 Å². The fraction of sp³-hybridized carbons (Fsp3) is 0.0833. The number of nitrogens with one attached hydrogen (secondary N) is 1. The first-order valence-electron chi connectivity index (χ1n) is 5.43. The number of benzene rings is 1. The van der Waals surface area contributed by atoms with Crippen molar-refractivity contribution < 1.29 is 9.18 Å². The van der Waals surface area contributed by atoms with Crippen LogP contribution >= 0.6 is 23.1 Å². The van der Waals surface area contributed by atoms with Crippen molar-refractivity contribution in [3.63, 3.8) is 0 Å². The summed E-state index contributed by atoms with van der Waals surface area (Å²) in [6, 6.07) is 5.01. The Bertz CT molecular complexity index is 708. The third-order valence-electron chi connectivity index (χ3n) is 2.55. The van der Waals surface area contributed by atoms with Gasteiger partial charge in [0.15, 0.2) is 5.17 Å². The second-order valence-corrected chi connectivity index (χ2v) is 5.69. The molecule has 0 radical (unpaired) electrons. The van der Waals surface area contributed by atoms with Crippen LogP contribution in [0.1, 0.15) is 5.56 Å². The van der Waals surface area contributed by atoms with Gasteiger partial charge in [0.1, 0.15) is 5.82 Å². The number of carbonyl (C=O) groups excluding carboxylic acids is 1. The molecule has 7 heteroatoms. The maximum Gasteiger partial charge on any atom is 0.236 e. The highest BCUT2D eigenvalue weighted by molar-refractivity contribution is 8.15. The topological polar surface area (TPSA) is 53.8 Å². The maximum atomic E-state index is 13.7. The summed E-state index contributed by atoms with van der Waals surface area (Å²) in [5.74, 6) is -0.0777. The molecule has 1 N–H and O–H groups in total. The molecule has 19 heavy (non-hydrogen) atoms. The SMILES string of the molecule is O=C1CSC(=NN=Cc2c(F)ccc3sccc23)N1. The van der Waals surface area contributed by atoms with E-state index in [1.807, 2.05) is 11.4 Å². The van der Waals surface area contributed by atoms with Gasteiger partial charge in [-0.15, -0.1) is 16.4 Å². The number of hydrogen-bond acceptors (Lipinski definition) is 5. The second kappa shape index (κ2) is 5.10. The first-order chi connectivity index (χ1) is 9.24. The quantitative estimate of drug-likeness (QED) is 0.683. The molecule has 1 aromatic heterocycles. The third kappa shape index (κ3) is 2.52. The van der Waals surface area contributed by atoms with Gasteiger partial charge in [-0.1, -0.05) is 11.8 Å². The van der Waals surface area contributed by atoms with Crippen molar-refractivity contribution in [1.82, 2.24) is 5.32 Å². The largest absolute Gasteiger partial charge is 0.303 e. The molecule has 4 nitrogen and oxygen atoms in total. The number of hydrogen-bond donors (Lipinski definition) is 1. The van der Waals surface area contributed by atoms with Crippen LogP contribution in [0.4, 0.5) is 4.39 Å². The molecule has 96 valence electrons. The Morgan fingerprint density at radius 1 is 1.37 bits per heavy atom. The predicted octanol–water partition coefficient (Wildman–Crippen LogP) is 2.59. The molecule has 3 rings (SSSR count). The average molecular weight is 293 g/mol. The van der Waals surface area contributed by atoms with Gasteiger partial charge in [0.2, 0.25) is 5.91 Å². The van der Waals surface area contributed by atoms with Crippen LogP contribution in [-0.4, -0.2) is 23.0 Å². The first-order valence-corrected chi connectivity index (χ1v) is 7.30. The zero-order valence-corrected chi connectivity index (χ0v) is 11.2. The van der Waals surface area contributed by atoms with E-state index in [2.05, 4.69) is 15.5 Å². The van der Waals surface area contributed by atoms with Gasteiger partial charge in [-0.25, -0.2) is 4.39 Å². The standard InChI is InChI=1S/C12H8FN3OS2/c13-9-1-2-10-7(3-4-18-10)8(9)5-14-16-12-15-11(17)6-19-12/h1-5H,6H2,(H,15,16,17). The molecule has 1 aromatic carbocycles.